The summed E-state index contributed by atoms with van der Waals surface area (Å²) in [5.41, 5.74) is 0. The molecule has 4 nitrogen and oxygen atoms in total. The van der Waals surface area contributed by atoms with Crippen LogP contribution in [0.25, 0.3) is 0 Å². The number of likely N-dealkylation sites (tertiary alicyclic amines) is 1. The highest BCUT2D eigenvalue weighted by molar-refractivity contribution is 5.75. The van der Waals surface area contributed by atoms with Gasteiger partial charge in [0.05, 0.1) is 12.7 Å². The molecule has 0 atom stereocenters. The van der Waals surface area contributed by atoms with Crippen LogP contribution >= 0.6 is 0 Å². The van der Waals surface area contributed by atoms with E-state index in [9.17, 15) is 4.79 Å². The van der Waals surface area contributed by atoms with Gasteiger partial charge in [0.1, 0.15) is 5.78 Å². The molecule has 0 aromatic heterocycles. The molecule has 94 valence electrons. The van der Waals surface area contributed by atoms with Crippen LogP contribution in [0.15, 0.2) is 0 Å². The molecular formula is C12H24N2O2. The molecule has 0 aromatic carbocycles. The van der Waals surface area contributed by atoms with E-state index in [1.807, 2.05) is 7.05 Å². The zero-order valence-electron chi connectivity index (χ0n) is 10.5. The zero-order valence-corrected chi connectivity index (χ0v) is 10.5. The average Bonchev–Trinajstić information content (AvgIpc) is 2.28. The summed E-state index contributed by atoms with van der Waals surface area (Å²) in [7, 11) is 1.94. The normalized spacial score (nSPS) is 18.9. The molecule has 1 rings (SSSR count). The Bertz CT molecular complexity index is 201. The molecule has 1 saturated heterocycles. The molecule has 0 unspecified atom stereocenters. The van der Waals surface area contributed by atoms with E-state index in [1.54, 1.807) is 6.92 Å². The predicted molar refractivity (Wildman–Crippen MR) is 64.6 cm³/mol. The molecule has 1 heterocycles. The molecule has 1 aliphatic rings. The highest BCUT2D eigenvalue weighted by atomic mass is 16.5. The first-order valence-corrected chi connectivity index (χ1v) is 6.20. The molecule has 0 spiro atoms. The summed E-state index contributed by atoms with van der Waals surface area (Å²) in [4.78, 5) is 13.2. The minimum Gasteiger partial charge on any atom is -0.377 e. The lowest BCUT2D eigenvalue weighted by molar-refractivity contribution is -0.117. The molecule has 1 N–H and O–H groups in total. The molecule has 0 amide bonds. The Labute approximate surface area is 98.3 Å². The molecule has 16 heavy (non-hydrogen) atoms. The fraction of sp³-hybridized carbons (Fsp3) is 0.917. The zero-order chi connectivity index (χ0) is 11.8. The minimum atomic E-state index is 0.285. The molecule has 1 aliphatic heterocycles. The number of rotatable bonds is 7. The van der Waals surface area contributed by atoms with Gasteiger partial charge in [-0.3, -0.25) is 4.79 Å². The maximum atomic E-state index is 10.9. The third kappa shape index (κ3) is 5.58. The van der Waals surface area contributed by atoms with Crippen molar-refractivity contribution in [2.24, 2.45) is 0 Å². The predicted octanol–water partition coefficient (Wildman–Crippen LogP) is 0.666. The maximum absolute atomic E-state index is 10.9. The number of carbonyl (C=O) groups is 1. The van der Waals surface area contributed by atoms with Crippen LogP contribution in [-0.2, 0) is 9.53 Å². The molecule has 0 aromatic rings. The molecule has 4 heteroatoms. The average molecular weight is 228 g/mol. The number of nitrogens with one attached hydrogen (secondary N) is 1. The van der Waals surface area contributed by atoms with Crippen molar-refractivity contribution in [1.82, 2.24) is 10.2 Å². The summed E-state index contributed by atoms with van der Waals surface area (Å²) in [5.74, 6) is 0.285. The number of piperidine rings is 1. The van der Waals surface area contributed by atoms with Crippen molar-refractivity contribution >= 4 is 5.78 Å². The van der Waals surface area contributed by atoms with Crippen LogP contribution < -0.4 is 5.32 Å². The van der Waals surface area contributed by atoms with Gasteiger partial charge < -0.3 is 15.0 Å². The molecule has 1 fully saturated rings. The van der Waals surface area contributed by atoms with Crippen LogP contribution in [0.4, 0.5) is 0 Å². The van der Waals surface area contributed by atoms with Crippen LogP contribution in [-0.4, -0.2) is 56.6 Å². The lowest BCUT2D eigenvalue weighted by atomic mass is 10.1. The van der Waals surface area contributed by atoms with Gasteiger partial charge in [-0.05, 0) is 26.8 Å². The van der Waals surface area contributed by atoms with Crippen LogP contribution in [0, 0.1) is 0 Å². The van der Waals surface area contributed by atoms with Crippen molar-refractivity contribution in [3.8, 4) is 0 Å². The van der Waals surface area contributed by atoms with Crippen LogP contribution in [0.1, 0.15) is 26.2 Å². The van der Waals surface area contributed by atoms with Crippen molar-refractivity contribution in [2.45, 2.75) is 32.3 Å². The molecule has 0 radical (unpaired) electrons. The molecule has 0 aliphatic carbocycles. The molecular weight excluding hydrogens is 204 g/mol. The minimum absolute atomic E-state index is 0.285. The Morgan fingerprint density at radius 1 is 1.44 bits per heavy atom. The highest BCUT2D eigenvalue weighted by Crippen LogP contribution is 2.13. The van der Waals surface area contributed by atoms with Crippen molar-refractivity contribution in [3.05, 3.63) is 0 Å². The van der Waals surface area contributed by atoms with Gasteiger partial charge in [-0.1, -0.05) is 0 Å². The SMILES string of the molecule is CNCCOC1CCN(CCC(C)=O)CC1. The van der Waals surface area contributed by atoms with E-state index in [2.05, 4.69) is 10.2 Å². The van der Waals surface area contributed by atoms with Crippen LogP contribution in [0.3, 0.4) is 0 Å². The maximum Gasteiger partial charge on any atom is 0.131 e. The Balaban J connectivity index is 2.06. The van der Waals surface area contributed by atoms with Gasteiger partial charge in [-0.15, -0.1) is 0 Å². The fourth-order valence-electron chi connectivity index (χ4n) is 1.94. The summed E-state index contributed by atoms with van der Waals surface area (Å²) in [6, 6.07) is 0. The smallest absolute Gasteiger partial charge is 0.131 e. The number of likely N-dealkylation sites (N-methyl/N-ethyl adjacent to an activating group) is 1. The monoisotopic (exact) mass is 228 g/mol. The van der Waals surface area contributed by atoms with E-state index in [0.717, 1.165) is 45.6 Å². The first-order valence-electron chi connectivity index (χ1n) is 6.20. The number of hydrogen-bond donors (Lipinski definition) is 1. The number of ether oxygens (including phenoxy) is 1. The molecule has 0 bridgehead atoms. The third-order valence-corrected chi connectivity index (χ3v) is 3.02. The number of Topliss-reactive ketones (excluding diaryl/α,β-unsaturated/α-hetero) is 1. The van der Waals surface area contributed by atoms with Gasteiger partial charge in [-0.2, -0.15) is 0 Å². The standard InChI is InChI=1S/C12H24N2O2/c1-11(15)3-7-14-8-4-12(5-9-14)16-10-6-13-2/h12-13H,3-10H2,1-2H3. The summed E-state index contributed by atoms with van der Waals surface area (Å²) in [5, 5.41) is 3.08. The van der Waals surface area contributed by atoms with Crippen molar-refractivity contribution in [2.75, 3.05) is 39.8 Å². The highest BCUT2D eigenvalue weighted by Gasteiger charge is 2.19. The first kappa shape index (κ1) is 13.6. The summed E-state index contributed by atoms with van der Waals surface area (Å²) < 4.78 is 5.74. The third-order valence-electron chi connectivity index (χ3n) is 3.02. The summed E-state index contributed by atoms with van der Waals surface area (Å²) in [6.45, 7) is 6.43. The Hall–Kier alpha value is -0.450. The second kappa shape index (κ2) is 7.76. The first-order chi connectivity index (χ1) is 7.72. The fourth-order valence-corrected chi connectivity index (χ4v) is 1.94. The van der Waals surface area contributed by atoms with E-state index in [4.69, 9.17) is 4.74 Å². The van der Waals surface area contributed by atoms with Gasteiger partial charge in [0.2, 0.25) is 0 Å². The second-order valence-corrected chi connectivity index (χ2v) is 4.47. The van der Waals surface area contributed by atoms with Gasteiger partial charge >= 0.3 is 0 Å². The van der Waals surface area contributed by atoms with Crippen LogP contribution in [0.5, 0.6) is 0 Å². The van der Waals surface area contributed by atoms with Crippen molar-refractivity contribution in [3.63, 3.8) is 0 Å². The number of ketones is 1. The number of nitrogens with zero attached hydrogens (tertiary/aromatic N) is 1. The Kier molecular flexibility index (Phi) is 6.61. The van der Waals surface area contributed by atoms with E-state index in [0.29, 0.717) is 12.5 Å². The Morgan fingerprint density at radius 3 is 2.69 bits per heavy atom. The molecule has 0 saturated carbocycles. The van der Waals surface area contributed by atoms with E-state index in [1.165, 1.54) is 0 Å². The number of carbonyl (C=O) groups excluding carboxylic acids is 1. The van der Waals surface area contributed by atoms with Gasteiger partial charge in [0, 0.05) is 32.6 Å². The lowest BCUT2D eigenvalue weighted by Gasteiger charge is -2.31. The van der Waals surface area contributed by atoms with E-state index >= 15 is 0 Å². The van der Waals surface area contributed by atoms with E-state index in [-0.39, 0.29) is 5.78 Å². The summed E-state index contributed by atoms with van der Waals surface area (Å²) in [6.07, 6.45) is 3.30. The largest absolute Gasteiger partial charge is 0.377 e. The van der Waals surface area contributed by atoms with E-state index < -0.39 is 0 Å². The topological polar surface area (TPSA) is 41.6 Å². The van der Waals surface area contributed by atoms with Gasteiger partial charge in [0.25, 0.3) is 0 Å². The second-order valence-electron chi connectivity index (χ2n) is 4.47. The van der Waals surface area contributed by atoms with Crippen molar-refractivity contribution < 1.29 is 9.53 Å². The Morgan fingerprint density at radius 2 is 2.12 bits per heavy atom. The van der Waals surface area contributed by atoms with Gasteiger partial charge in [0.15, 0.2) is 0 Å². The lowest BCUT2D eigenvalue weighted by Crippen LogP contribution is -2.38. The van der Waals surface area contributed by atoms with Crippen LogP contribution in [0.2, 0.25) is 0 Å². The van der Waals surface area contributed by atoms with Gasteiger partial charge in [-0.25, -0.2) is 0 Å². The summed E-state index contributed by atoms with van der Waals surface area (Å²) >= 11 is 0. The number of hydrogen-bond acceptors (Lipinski definition) is 4. The quantitative estimate of drug-likeness (QED) is 0.650. The van der Waals surface area contributed by atoms with Crippen molar-refractivity contribution in [1.29, 1.82) is 0 Å².